The van der Waals surface area contributed by atoms with Crippen molar-refractivity contribution in [3.05, 3.63) is 81.9 Å². The number of phenols is 2. The first-order valence-electron chi connectivity index (χ1n) is 8.50. The fourth-order valence-corrected chi connectivity index (χ4v) is 4.14. The zero-order valence-corrected chi connectivity index (χ0v) is 16.2. The number of para-hydroxylation sites is 4. The predicted octanol–water partition coefficient (Wildman–Crippen LogP) is 4.73. The molecule has 0 amide bonds. The third kappa shape index (κ3) is 3.07. The van der Waals surface area contributed by atoms with Gasteiger partial charge in [0.1, 0.15) is 17.7 Å². The standard InChI is InChI=1S/C21H19IN2O2/c22-16-7-5-6-15(14-16)21-23(17-8-1-3-10-19(17)25)12-13-24(21)18-9-2-4-11-20(18)26/h1-11,14,21,25-26H,12-13H2. The second kappa shape index (κ2) is 7.07. The Labute approximate surface area is 166 Å². The number of hydrogen-bond donors (Lipinski definition) is 2. The Hall–Kier alpha value is -2.41. The molecule has 132 valence electrons. The summed E-state index contributed by atoms with van der Waals surface area (Å²) in [6.45, 7) is 1.50. The predicted molar refractivity (Wildman–Crippen MR) is 113 cm³/mol. The average molecular weight is 458 g/mol. The van der Waals surface area contributed by atoms with Gasteiger partial charge in [0, 0.05) is 16.7 Å². The molecule has 1 aliphatic heterocycles. The lowest BCUT2D eigenvalue weighted by atomic mass is 10.1. The van der Waals surface area contributed by atoms with Crippen molar-refractivity contribution in [3.8, 4) is 11.5 Å². The van der Waals surface area contributed by atoms with Crippen molar-refractivity contribution in [2.75, 3.05) is 22.9 Å². The fourth-order valence-electron chi connectivity index (χ4n) is 3.57. The normalized spacial score (nSPS) is 14.8. The largest absolute Gasteiger partial charge is 0.506 e. The summed E-state index contributed by atoms with van der Waals surface area (Å²) in [7, 11) is 0. The maximum atomic E-state index is 10.4. The van der Waals surface area contributed by atoms with Crippen LogP contribution in [0.1, 0.15) is 11.7 Å². The summed E-state index contributed by atoms with van der Waals surface area (Å²) in [5, 5.41) is 20.8. The Morgan fingerprint density at radius 2 is 1.27 bits per heavy atom. The molecular weight excluding hydrogens is 439 g/mol. The van der Waals surface area contributed by atoms with Crippen LogP contribution in [0.15, 0.2) is 72.8 Å². The van der Waals surface area contributed by atoms with Crippen molar-refractivity contribution in [3.63, 3.8) is 0 Å². The highest BCUT2D eigenvalue weighted by molar-refractivity contribution is 14.1. The van der Waals surface area contributed by atoms with E-state index in [1.165, 1.54) is 0 Å². The molecule has 0 aliphatic carbocycles. The SMILES string of the molecule is Oc1ccccc1N1CCN(c2ccccc2O)C1c1cccc(I)c1. The number of aromatic hydroxyl groups is 2. The zero-order chi connectivity index (χ0) is 18.1. The lowest BCUT2D eigenvalue weighted by molar-refractivity contribution is 0.470. The number of hydrogen-bond acceptors (Lipinski definition) is 4. The maximum absolute atomic E-state index is 10.4. The van der Waals surface area contributed by atoms with Crippen LogP contribution in [-0.2, 0) is 0 Å². The molecule has 5 heteroatoms. The summed E-state index contributed by atoms with van der Waals surface area (Å²) in [6.07, 6.45) is -0.105. The molecule has 0 spiro atoms. The molecule has 0 atom stereocenters. The first kappa shape index (κ1) is 17.0. The van der Waals surface area contributed by atoms with E-state index in [9.17, 15) is 10.2 Å². The second-order valence-electron chi connectivity index (χ2n) is 6.29. The highest BCUT2D eigenvalue weighted by Crippen LogP contribution is 2.43. The van der Waals surface area contributed by atoms with E-state index in [1.807, 2.05) is 42.5 Å². The summed E-state index contributed by atoms with van der Waals surface area (Å²) in [6, 6.07) is 23.2. The Morgan fingerprint density at radius 3 is 1.77 bits per heavy atom. The number of anilines is 2. The zero-order valence-electron chi connectivity index (χ0n) is 14.1. The number of nitrogens with zero attached hydrogens (tertiary/aromatic N) is 2. The van der Waals surface area contributed by atoms with Crippen LogP contribution in [0, 0.1) is 3.57 Å². The van der Waals surface area contributed by atoms with Crippen molar-refractivity contribution < 1.29 is 10.2 Å². The lowest BCUT2D eigenvalue weighted by Crippen LogP contribution is -2.31. The topological polar surface area (TPSA) is 46.9 Å². The Morgan fingerprint density at radius 1 is 0.731 bits per heavy atom. The number of rotatable bonds is 3. The molecule has 4 rings (SSSR count). The van der Waals surface area contributed by atoms with Crippen molar-refractivity contribution in [1.29, 1.82) is 0 Å². The molecular formula is C21H19IN2O2. The van der Waals surface area contributed by atoms with E-state index >= 15 is 0 Å². The van der Waals surface area contributed by atoms with E-state index in [2.05, 4.69) is 50.6 Å². The van der Waals surface area contributed by atoms with Gasteiger partial charge in [-0.2, -0.15) is 0 Å². The van der Waals surface area contributed by atoms with Gasteiger partial charge in [0.05, 0.1) is 11.4 Å². The highest BCUT2D eigenvalue weighted by atomic mass is 127. The van der Waals surface area contributed by atoms with Gasteiger partial charge < -0.3 is 20.0 Å². The van der Waals surface area contributed by atoms with Gasteiger partial charge in [-0.1, -0.05) is 36.4 Å². The lowest BCUT2D eigenvalue weighted by Gasteiger charge is -2.33. The molecule has 2 N–H and O–H groups in total. The second-order valence-corrected chi connectivity index (χ2v) is 7.54. The van der Waals surface area contributed by atoms with Crippen LogP contribution in [0.3, 0.4) is 0 Å². The minimum Gasteiger partial charge on any atom is -0.506 e. The van der Waals surface area contributed by atoms with Gasteiger partial charge in [-0.3, -0.25) is 0 Å². The maximum Gasteiger partial charge on any atom is 0.138 e. The van der Waals surface area contributed by atoms with Crippen molar-refractivity contribution in [2.45, 2.75) is 6.17 Å². The molecule has 3 aromatic carbocycles. The average Bonchev–Trinajstić information content (AvgIpc) is 3.07. The Bertz CT molecular complexity index is 878. The summed E-state index contributed by atoms with van der Waals surface area (Å²) in [4.78, 5) is 4.38. The number of phenolic OH excluding ortho intramolecular Hbond substituents is 2. The van der Waals surface area contributed by atoms with E-state index in [1.54, 1.807) is 12.1 Å². The summed E-state index contributed by atoms with van der Waals surface area (Å²) >= 11 is 2.31. The van der Waals surface area contributed by atoms with Gasteiger partial charge in [0.15, 0.2) is 0 Å². The molecule has 1 aliphatic rings. The highest BCUT2D eigenvalue weighted by Gasteiger charge is 2.35. The molecule has 0 unspecified atom stereocenters. The molecule has 26 heavy (non-hydrogen) atoms. The van der Waals surface area contributed by atoms with Crippen molar-refractivity contribution in [2.24, 2.45) is 0 Å². The van der Waals surface area contributed by atoms with E-state index in [4.69, 9.17) is 0 Å². The van der Waals surface area contributed by atoms with Gasteiger partial charge in [0.25, 0.3) is 0 Å². The smallest absolute Gasteiger partial charge is 0.138 e. The number of halogens is 1. The Kier molecular flexibility index (Phi) is 4.63. The minimum atomic E-state index is -0.105. The molecule has 3 aromatic rings. The van der Waals surface area contributed by atoms with Gasteiger partial charge in [-0.15, -0.1) is 0 Å². The molecule has 1 saturated heterocycles. The third-order valence-corrected chi connectivity index (χ3v) is 5.37. The quantitative estimate of drug-likeness (QED) is 0.558. The minimum absolute atomic E-state index is 0.105. The van der Waals surface area contributed by atoms with Gasteiger partial charge in [-0.25, -0.2) is 0 Å². The van der Waals surface area contributed by atoms with Crippen LogP contribution in [0.4, 0.5) is 11.4 Å². The van der Waals surface area contributed by atoms with Gasteiger partial charge in [0.2, 0.25) is 0 Å². The monoisotopic (exact) mass is 458 g/mol. The van der Waals surface area contributed by atoms with Crippen molar-refractivity contribution >= 4 is 34.0 Å². The molecule has 0 bridgehead atoms. The van der Waals surface area contributed by atoms with Crippen LogP contribution in [0.5, 0.6) is 11.5 Å². The molecule has 0 aromatic heterocycles. The van der Waals surface area contributed by atoms with E-state index in [0.717, 1.165) is 33.6 Å². The first-order valence-corrected chi connectivity index (χ1v) is 9.58. The molecule has 4 nitrogen and oxygen atoms in total. The van der Waals surface area contributed by atoms with Gasteiger partial charge in [-0.05, 0) is 64.6 Å². The fraction of sp³-hybridized carbons (Fsp3) is 0.143. The van der Waals surface area contributed by atoms with Gasteiger partial charge >= 0.3 is 0 Å². The molecule has 1 fully saturated rings. The van der Waals surface area contributed by atoms with Crippen LogP contribution in [-0.4, -0.2) is 23.3 Å². The van der Waals surface area contributed by atoms with E-state index in [-0.39, 0.29) is 17.7 Å². The van der Waals surface area contributed by atoms with Crippen LogP contribution < -0.4 is 9.80 Å². The van der Waals surface area contributed by atoms with Crippen LogP contribution in [0.2, 0.25) is 0 Å². The van der Waals surface area contributed by atoms with Crippen LogP contribution >= 0.6 is 22.6 Å². The summed E-state index contributed by atoms with van der Waals surface area (Å²) in [5.74, 6) is 0.532. The van der Waals surface area contributed by atoms with Crippen LogP contribution in [0.25, 0.3) is 0 Å². The number of benzene rings is 3. The van der Waals surface area contributed by atoms with Crippen molar-refractivity contribution in [1.82, 2.24) is 0 Å². The molecule has 0 saturated carbocycles. The molecule has 0 radical (unpaired) electrons. The summed E-state index contributed by atoms with van der Waals surface area (Å²) in [5.41, 5.74) is 2.73. The third-order valence-electron chi connectivity index (χ3n) is 4.70. The van der Waals surface area contributed by atoms with E-state index in [0.29, 0.717) is 0 Å². The Balaban J connectivity index is 1.83. The first-order chi connectivity index (χ1) is 12.6. The summed E-state index contributed by atoms with van der Waals surface area (Å²) < 4.78 is 1.15. The molecule has 1 heterocycles. The van der Waals surface area contributed by atoms with E-state index < -0.39 is 0 Å².